The monoisotopic (exact) mass is 339 g/mol. The van der Waals surface area contributed by atoms with Crippen LogP contribution in [-0.4, -0.2) is 67.7 Å². The van der Waals surface area contributed by atoms with Crippen LogP contribution in [0, 0.1) is 0 Å². The van der Waals surface area contributed by atoms with Crippen LogP contribution in [0.4, 0.5) is 0 Å². The van der Waals surface area contributed by atoms with Crippen LogP contribution in [-0.2, 0) is 16.1 Å². The summed E-state index contributed by atoms with van der Waals surface area (Å²) in [6.45, 7) is 5.03. The van der Waals surface area contributed by atoms with Crippen LogP contribution in [0.3, 0.4) is 0 Å². The number of halogens is 1. The fourth-order valence-electron chi connectivity index (χ4n) is 3.24. The minimum Gasteiger partial charge on any atom is -0.366 e. The van der Waals surface area contributed by atoms with Crippen LogP contribution in [0.1, 0.15) is 12.0 Å². The van der Waals surface area contributed by atoms with Gasteiger partial charge in [-0.15, -0.1) is 12.4 Å². The zero-order valence-corrected chi connectivity index (χ0v) is 14.4. The first kappa shape index (κ1) is 18.2. The zero-order valence-electron chi connectivity index (χ0n) is 13.6. The van der Waals surface area contributed by atoms with Crippen molar-refractivity contribution in [3.8, 4) is 0 Å². The number of nitrogens with zero attached hydrogens (tertiary/aromatic N) is 2. The number of rotatable bonds is 4. The van der Waals surface area contributed by atoms with Crippen molar-refractivity contribution in [3.63, 3.8) is 0 Å². The van der Waals surface area contributed by atoms with E-state index in [1.165, 1.54) is 5.56 Å². The third-order valence-corrected chi connectivity index (χ3v) is 4.59. The van der Waals surface area contributed by atoms with Crippen LogP contribution in [0.2, 0.25) is 0 Å². The molecule has 2 aliphatic rings. The fourth-order valence-corrected chi connectivity index (χ4v) is 3.24. The minimum absolute atomic E-state index is 0. The number of carbonyl (C=O) groups excluding carboxylic acids is 1. The number of nitrogens with one attached hydrogen (secondary N) is 1. The second-order valence-corrected chi connectivity index (χ2v) is 6.18. The van der Waals surface area contributed by atoms with E-state index < -0.39 is 0 Å². The van der Waals surface area contributed by atoms with Crippen molar-refractivity contribution in [1.82, 2.24) is 15.1 Å². The van der Waals surface area contributed by atoms with Gasteiger partial charge in [-0.05, 0) is 12.0 Å². The summed E-state index contributed by atoms with van der Waals surface area (Å²) in [5.74, 6) is 0.110. The molecule has 3 rings (SSSR count). The number of morpholine rings is 1. The molecule has 0 spiro atoms. The largest absolute Gasteiger partial charge is 0.366 e. The first-order valence-corrected chi connectivity index (χ1v) is 8.09. The summed E-state index contributed by atoms with van der Waals surface area (Å²) in [4.78, 5) is 16.8. The number of likely N-dealkylation sites (N-methyl/N-ethyl adjacent to an activating group) is 1. The molecule has 5 nitrogen and oxygen atoms in total. The normalized spacial score (nSPS) is 24.9. The van der Waals surface area contributed by atoms with Gasteiger partial charge in [-0.1, -0.05) is 30.3 Å². The lowest BCUT2D eigenvalue weighted by Gasteiger charge is -2.31. The summed E-state index contributed by atoms with van der Waals surface area (Å²) in [7, 11) is 1.91. The molecule has 1 amide bonds. The molecule has 0 radical (unpaired) electrons. The summed E-state index contributed by atoms with van der Waals surface area (Å²) in [6, 6.07) is 10.8. The molecule has 6 heteroatoms. The molecule has 1 N–H and O–H groups in total. The first-order valence-electron chi connectivity index (χ1n) is 8.09. The highest BCUT2D eigenvalue weighted by molar-refractivity contribution is 5.85. The van der Waals surface area contributed by atoms with Crippen LogP contribution in [0.25, 0.3) is 0 Å². The molecule has 0 aromatic heterocycles. The Labute approximate surface area is 144 Å². The lowest BCUT2D eigenvalue weighted by molar-refractivity contribution is -0.145. The van der Waals surface area contributed by atoms with Crippen molar-refractivity contribution >= 4 is 18.3 Å². The molecule has 0 saturated carbocycles. The highest BCUT2D eigenvalue weighted by atomic mass is 35.5. The minimum atomic E-state index is -0.318. The molecule has 1 aromatic carbocycles. The Balaban J connectivity index is 0.00000192. The molecule has 2 saturated heterocycles. The van der Waals surface area contributed by atoms with Crippen molar-refractivity contribution in [2.45, 2.75) is 25.1 Å². The van der Waals surface area contributed by atoms with E-state index in [-0.39, 0.29) is 24.4 Å². The van der Waals surface area contributed by atoms with E-state index in [0.29, 0.717) is 19.2 Å². The smallest absolute Gasteiger partial charge is 0.253 e. The van der Waals surface area contributed by atoms with E-state index in [9.17, 15) is 4.79 Å². The number of likely N-dealkylation sites (tertiary alicyclic amines) is 1. The Morgan fingerprint density at radius 1 is 1.39 bits per heavy atom. The standard InChI is InChI=1S/C17H25N3O2.ClH/c1-19(17(21)16-11-18-8-10-22-16)15-7-9-20(13-15)12-14-5-3-2-4-6-14;/h2-6,15-16,18H,7-13H2,1H3;1H. The quantitative estimate of drug-likeness (QED) is 0.893. The van der Waals surface area contributed by atoms with Gasteiger partial charge in [0.2, 0.25) is 0 Å². The maximum Gasteiger partial charge on any atom is 0.253 e. The molecule has 1 aromatic rings. The van der Waals surface area contributed by atoms with E-state index >= 15 is 0 Å². The van der Waals surface area contributed by atoms with Crippen molar-refractivity contribution in [3.05, 3.63) is 35.9 Å². The summed E-state index contributed by atoms with van der Waals surface area (Å²) in [6.07, 6.45) is 0.719. The first-order chi connectivity index (χ1) is 10.7. The van der Waals surface area contributed by atoms with Crippen molar-refractivity contribution in [2.75, 3.05) is 39.8 Å². The second-order valence-electron chi connectivity index (χ2n) is 6.18. The highest BCUT2D eigenvalue weighted by Gasteiger charge is 2.32. The molecule has 2 heterocycles. The average Bonchev–Trinajstić information content (AvgIpc) is 3.04. The van der Waals surface area contributed by atoms with E-state index in [1.807, 2.05) is 18.0 Å². The predicted molar refractivity (Wildman–Crippen MR) is 92.8 cm³/mol. The Morgan fingerprint density at radius 3 is 2.87 bits per heavy atom. The maximum absolute atomic E-state index is 12.5. The molecule has 2 aliphatic heterocycles. The van der Waals surface area contributed by atoms with Gasteiger partial charge in [-0.25, -0.2) is 0 Å². The summed E-state index contributed by atoms with van der Waals surface area (Å²) in [5.41, 5.74) is 1.33. The molecule has 23 heavy (non-hydrogen) atoms. The third-order valence-electron chi connectivity index (χ3n) is 4.59. The second kappa shape index (κ2) is 8.64. The van der Waals surface area contributed by atoms with Gasteiger partial charge in [0.05, 0.1) is 6.61 Å². The van der Waals surface area contributed by atoms with Crippen LogP contribution >= 0.6 is 12.4 Å². The van der Waals surface area contributed by atoms with Gasteiger partial charge < -0.3 is 15.0 Å². The van der Waals surface area contributed by atoms with Gasteiger partial charge in [0, 0.05) is 45.8 Å². The Morgan fingerprint density at radius 2 is 2.17 bits per heavy atom. The summed E-state index contributed by atoms with van der Waals surface area (Å²) >= 11 is 0. The highest BCUT2D eigenvalue weighted by Crippen LogP contribution is 2.18. The maximum atomic E-state index is 12.5. The predicted octanol–water partition coefficient (Wildman–Crippen LogP) is 1.13. The number of benzene rings is 1. The van der Waals surface area contributed by atoms with Crippen LogP contribution in [0.5, 0.6) is 0 Å². The number of amides is 1. The van der Waals surface area contributed by atoms with E-state index in [0.717, 1.165) is 32.6 Å². The third kappa shape index (κ3) is 4.67. The topological polar surface area (TPSA) is 44.8 Å². The molecule has 2 unspecified atom stereocenters. The van der Waals surface area contributed by atoms with Gasteiger partial charge in [0.15, 0.2) is 0 Å². The molecular formula is C17H26ClN3O2. The summed E-state index contributed by atoms with van der Waals surface area (Å²) in [5, 5.41) is 3.22. The SMILES string of the molecule is CN(C(=O)C1CNCCO1)C1CCN(Cc2ccccc2)C1.Cl. The van der Waals surface area contributed by atoms with Gasteiger partial charge in [0.1, 0.15) is 6.10 Å². The Bertz CT molecular complexity index is 494. The lowest BCUT2D eigenvalue weighted by Crippen LogP contribution is -2.51. The van der Waals surface area contributed by atoms with Crippen molar-refractivity contribution in [1.29, 1.82) is 0 Å². The van der Waals surface area contributed by atoms with Gasteiger partial charge >= 0.3 is 0 Å². The van der Waals surface area contributed by atoms with Crippen molar-refractivity contribution < 1.29 is 9.53 Å². The average molecular weight is 340 g/mol. The molecular weight excluding hydrogens is 314 g/mol. The molecule has 2 fully saturated rings. The number of ether oxygens (including phenoxy) is 1. The van der Waals surface area contributed by atoms with Crippen LogP contribution in [0.15, 0.2) is 30.3 Å². The van der Waals surface area contributed by atoms with E-state index in [1.54, 1.807) is 0 Å². The van der Waals surface area contributed by atoms with Crippen LogP contribution < -0.4 is 5.32 Å². The molecule has 128 valence electrons. The van der Waals surface area contributed by atoms with E-state index in [2.05, 4.69) is 34.5 Å². The number of hydrogen-bond donors (Lipinski definition) is 1. The Hall–Kier alpha value is -1.14. The Kier molecular flexibility index (Phi) is 6.84. The van der Waals surface area contributed by atoms with Crippen molar-refractivity contribution in [2.24, 2.45) is 0 Å². The lowest BCUT2D eigenvalue weighted by atomic mass is 10.2. The molecule has 2 atom stereocenters. The van der Waals surface area contributed by atoms with Gasteiger partial charge in [0.25, 0.3) is 5.91 Å². The van der Waals surface area contributed by atoms with Gasteiger partial charge in [-0.2, -0.15) is 0 Å². The summed E-state index contributed by atoms with van der Waals surface area (Å²) < 4.78 is 5.58. The zero-order chi connectivity index (χ0) is 15.4. The number of carbonyl (C=O) groups is 1. The molecule has 0 bridgehead atoms. The fraction of sp³-hybridized carbons (Fsp3) is 0.588. The molecule has 0 aliphatic carbocycles. The van der Waals surface area contributed by atoms with Gasteiger partial charge in [-0.3, -0.25) is 9.69 Å². The van der Waals surface area contributed by atoms with E-state index in [4.69, 9.17) is 4.74 Å². The number of hydrogen-bond acceptors (Lipinski definition) is 4.